The van der Waals surface area contributed by atoms with Crippen molar-refractivity contribution in [3.8, 4) is 0 Å². The van der Waals surface area contributed by atoms with Gasteiger partial charge in [0.2, 0.25) is 0 Å². The average molecular weight is 382 g/mol. The Bertz CT molecular complexity index is 151. The summed E-state index contributed by atoms with van der Waals surface area (Å²) in [6.45, 7) is 3.18. The molecule has 0 aromatic carbocycles. The molecule has 0 radical (unpaired) electrons. The first kappa shape index (κ1) is 17.7. The minimum absolute atomic E-state index is 0.0769. The van der Waals surface area contributed by atoms with E-state index in [0.29, 0.717) is 13.2 Å². The molecule has 0 amide bonds. The molecule has 0 saturated carbocycles. The molecule has 0 bridgehead atoms. The molecule has 1 unspecified atom stereocenters. The van der Waals surface area contributed by atoms with Crippen LogP contribution in [0.2, 0.25) is 0 Å². The minimum atomic E-state index is -0.0769. The van der Waals surface area contributed by atoms with E-state index in [4.69, 9.17) is 4.74 Å². The summed E-state index contributed by atoms with van der Waals surface area (Å²) >= 11 is 6.55. The van der Waals surface area contributed by atoms with Crippen LogP contribution in [0.1, 0.15) is 19.8 Å². The summed E-state index contributed by atoms with van der Waals surface area (Å²) in [6, 6.07) is 0. The quantitative estimate of drug-likeness (QED) is 0.211. The molecule has 0 aliphatic rings. The van der Waals surface area contributed by atoms with Crippen molar-refractivity contribution >= 4 is 31.9 Å². The third-order valence-electron chi connectivity index (χ3n) is 1.50. The topological polar surface area (TPSA) is 55.4 Å². The fraction of sp³-hybridized carbons (Fsp3) is 1.00. The van der Waals surface area contributed by atoms with Gasteiger partial charge in [-0.2, -0.15) is 0 Å². The predicted molar refractivity (Wildman–Crippen MR) is 67.4 cm³/mol. The Labute approximate surface area is 118 Å². The molecule has 0 saturated heterocycles. The summed E-state index contributed by atoms with van der Waals surface area (Å²) in [5.41, 5.74) is 0. The van der Waals surface area contributed by atoms with Crippen LogP contribution < -0.4 is 0 Å². The van der Waals surface area contributed by atoms with E-state index >= 15 is 0 Å². The maximum Gasteiger partial charge on any atom is 0.111 e. The third-order valence-corrected chi connectivity index (χ3v) is 2.62. The van der Waals surface area contributed by atoms with Crippen LogP contribution in [0.25, 0.3) is 0 Å². The van der Waals surface area contributed by atoms with Gasteiger partial charge in [-0.15, -0.1) is 0 Å². The number of halogens is 2. The van der Waals surface area contributed by atoms with Crippen molar-refractivity contribution in [2.45, 2.75) is 25.9 Å². The molecule has 8 heteroatoms. The second-order valence-corrected chi connectivity index (χ2v) is 4.66. The summed E-state index contributed by atoms with van der Waals surface area (Å²) in [6.07, 6.45) is 1.68. The predicted octanol–water partition coefficient (Wildman–Crippen LogP) is 2.70. The van der Waals surface area contributed by atoms with Crippen LogP contribution in [0.3, 0.4) is 0 Å². The Morgan fingerprint density at radius 2 is 1.53 bits per heavy atom. The summed E-state index contributed by atoms with van der Waals surface area (Å²) in [7, 11) is 0. The lowest BCUT2D eigenvalue weighted by Crippen LogP contribution is -2.17. The molecule has 0 aromatic rings. The molecule has 0 aliphatic carbocycles. The van der Waals surface area contributed by atoms with Gasteiger partial charge in [0.1, 0.15) is 6.61 Å². The second kappa shape index (κ2) is 14.8. The third kappa shape index (κ3) is 14.7. The highest BCUT2D eigenvalue weighted by molar-refractivity contribution is 9.09. The summed E-state index contributed by atoms with van der Waals surface area (Å²) in [4.78, 5) is 9.23. The maximum absolute atomic E-state index is 5.37. The maximum atomic E-state index is 5.37. The zero-order valence-electron chi connectivity index (χ0n) is 9.73. The van der Waals surface area contributed by atoms with Gasteiger partial charge in [-0.1, -0.05) is 31.9 Å². The van der Waals surface area contributed by atoms with E-state index in [-0.39, 0.29) is 12.7 Å². The lowest BCUT2D eigenvalue weighted by atomic mass is 10.4. The molecule has 0 rings (SSSR count). The first-order valence-corrected chi connectivity index (χ1v) is 7.53. The lowest BCUT2D eigenvalue weighted by Gasteiger charge is -2.10. The molecule has 104 valence electrons. The van der Waals surface area contributed by atoms with Gasteiger partial charge in [0, 0.05) is 17.3 Å². The van der Waals surface area contributed by atoms with Crippen LogP contribution in [0.4, 0.5) is 0 Å². The van der Waals surface area contributed by atoms with Gasteiger partial charge in [0.25, 0.3) is 0 Å². The van der Waals surface area contributed by atoms with Crippen LogP contribution in [0.5, 0.6) is 0 Å². The van der Waals surface area contributed by atoms with E-state index in [2.05, 4.69) is 56.7 Å². The molecule has 0 aromatic heterocycles. The first-order chi connectivity index (χ1) is 8.31. The highest BCUT2D eigenvalue weighted by atomic mass is 79.9. The number of alkyl halides is 2. The van der Waals surface area contributed by atoms with Crippen LogP contribution >= 0.6 is 31.9 Å². The number of rotatable bonds is 13. The van der Waals surface area contributed by atoms with Crippen molar-refractivity contribution in [2.75, 3.05) is 30.5 Å². The van der Waals surface area contributed by atoms with Gasteiger partial charge in [-0.3, -0.25) is 0 Å². The smallest absolute Gasteiger partial charge is 0.111 e. The standard InChI is InChI=1S/C9H18Br2O6/c1-9(12-6-2-4-10)8-14-16-17-15-13-7-3-5-11/h9H,2-8H2,1H3. The van der Waals surface area contributed by atoms with E-state index in [1.807, 2.05) is 6.92 Å². The fourth-order valence-electron chi connectivity index (χ4n) is 0.709. The second-order valence-electron chi connectivity index (χ2n) is 3.08. The zero-order valence-corrected chi connectivity index (χ0v) is 12.9. The monoisotopic (exact) mass is 380 g/mol. The van der Waals surface area contributed by atoms with Gasteiger partial charge in [0.15, 0.2) is 0 Å². The molecule has 0 fully saturated rings. The molecule has 0 N–H and O–H groups in total. The molecular formula is C9H18Br2O6. The van der Waals surface area contributed by atoms with Crippen LogP contribution in [-0.4, -0.2) is 36.6 Å². The molecule has 17 heavy (non-hydrogen) atoms. The van der Waals surface area contributed by atoms with Crippen molar-refractivity contribution in [1.29, 1.82) is 0 Å². The van der Waals surface area contributed by atoms with Crippen molar-refractivity contribution in [2.24, 2.45) is 0 Å². The highest BCUT2D eigenvalue weighted by Gasteiger charge is 2.03. The number of hydrogen-bond acceptors (Lipinski definition) is 6. The minimum Gasteiger partial charge on any atom is -0.376 e. The van der Waals surface area contributed by atoms with Crippen LogP contribution in [0.15, 0.2) is 0 Å². The Morgan fingerprint density at radius 3 is 2.24 bits per heavy atom. The molecule has 6 nitrogen and oxygen atoms in total. The molecule has 0 spiro atoms. The number of ether oxygens (including phenoxy) is 1. The summed E-state index contributed by atoms with van der Waals surface area (Å²) < 4.78 is 5.37. The van der Waals surface area contributed by atoms with E-state index < -0.39 is 0 Å². The molecule has 0 aliphatic heterocycles. The molecular weight excluding hydrogens is 364 g/mol. The Morgan fingerprint density at radius 1 is 0.882 bits per heavy atom. The van der Waals surface area contributed by atoms with E-state index in [1.54, 1.807) is 0 Å². The van der Waals surface area contributed by atoms with Gasteiger partial charge >= 0.3 is 0 Å². The fourth-order valence-corrected chi connectivity index (χ4v) is 1.17. The average Bonchev–Trinajstić information content (AvgIpc) is 2.33. The largest absolute Gasteiger partial charge is 0.376 e. The summed E-state index contributed by atoms with van der Waals surface area (Å²) in [5, 5.41) is 14.3. The van der Waals surface area contributed by atoms with E-state index in [9.17, 15) is 0 Å². The van der Waals surface area contributed by atoms with Gasteiger partial charge < -0.3 is 4.74 Å². The Hall–Kier alpha value is 0.720. The van der Waals surface area contributed by atoms with Gasteiger partial charge in [-0.25, -0.2) is 9.78 Å². The van der Waals surface area contributed by atoms with Crippen LogP contribution in [-0.2, 0) is 29.6 Å². The van der Waals surface area contributed by atoms with Crippen molar-refractivity contribution in [3.05, 3.63) is 0 Å². The first-order valence-electron chi connectivity index (χ1n) is 5.29. The Kier molecular flexibility index (Phi) is 15.4. The van der Waals surface area contributed by atoms with Crippen molar-refractivity contribution in [1.82, 2.24) is 0 Å². The van der Waals surface area contributed by atoms with Crippen molar-refractivity contribution in [3.63, 3.8) is 0 Å². The van der Waals surface area contributed by atoms with E-state index in [0.717, 1.165) is 23.5 Å². The molecule has 0 heterocycles. The Balaban J connectivity index is 3.05. The lowest BCUT2D eigenvalue weighted by molar-refractivity contribution is -0.709. The number of hydrogen-bond donors (Lipinski definition) is 0. The highest BCUT2D eigenvalue weighted by Crippen LogP contribution is 1.97. The van der Waals surface area contributed by atoms with Gasteiger partial charge in [-0.05, 0) is 34.9 Å². The normalized spacial score (nSPS) is 12.9. The zero-order chi connectivity index (χ0) is 12.8. The van der Waals surface area contributed by atoms with Crippen molar-refractivity contribution < 1.29 is 29.6 Å². The van der Waals surface area contributed by atoms with Gasteiger partial charge in [0.05, 0.1) is 12.7 Å². The van der Waals surface area contributed by atoms with Crippen LogP contribution in [0, 0.1) is 0 Å². The summed E-state index contributed by atoms with van der Waals surface area (Å²) in [5.74, 6) is 0. The SMILES string of the molecule is CC(COOOOOCCCBr)OCCCBr. The van der Waals surface area contributed by atoms with E-state index in [1.165, 1.54) is 0 Å². The molecule has 1 atom stereocenters.